The minimum absolute atomic E-state index is 0.542. The molecule has 1 fully saturated rings. The highest BCUT2D eigenvalue weighted by molar-refractivity contribution is 7.51. The number of halogens is 6. The normalized spacial score (nSPS) is 15.5. The summed E-state index contributed by atoms with van der Waals surface area (Å²) < 4.78 is 98.5. The van der Waals surface area contributed by atoms with Crippen LogP contribution in [0.1, 0.15) is 26.2 Å². The van der Waals surface area contributed by atoms with Crippen LogP contribution in [0.3, 0.4) is 0 Å². The highest BCUT2D eigenvalue weighted by Gasteiger charge is 2.27. The molecule has 0 aliphatic carbocycles. The fourth-order valence-corrected chi connectivity index (χ4v) is 2.01. The average Bonchev–Trinajstić information content (AvgIpc) is 2.74. The summed E-state index contributed by atoms with van der Waals surface area (Å²) >= 11 is -1.50. The number of quaternary nitrogens is 1. The van der Waals surface area contributed by atoms with Gasteiger partial charge in [0.25, 0.3) is 0 Å². The number of alkyl halides is 6. The molecule has 1 rings (SSSR count). The summed E-state index contributed by atoms with van der Waals surface area (Å²) in [7, 11) is 2.39. The Morgan fingerprint density at radius 1 is 0.875 bits per heavy atom. The average molecular weight is 408 g/mol. The number of hydrogen-bond donors (Lipinski definition) is 0. The summed E-state index contributed by atoms with van der Waals surface area (Å²) in [5.74, 6) is 0. The van der Waals surface area contributed by atoms with Crippen LogP contribution < -0.4 is 0 Å². The molecule has 1 heterocycles. The van der Waals surface area contributed by atoms with E-state index in [9.17, 15) is 26.3 Å². The Balaban J connectivity index is -0.000000278. The second kappa shape index (κ2) is 14.5. The lowest BCUT2D eigenvalue weighted by Crippen LogP contribution is -2.41. The third kappa shape index (κ3) is 26.1. The van der Waals surface area contributed by atoms with Crippen LogP contribution in [0.25, 0.3) is 5.32 Å². The van der Waals surface area contributed by atoms with Crippen LogP contribution in [-0.2, 0) is 23.1 Å². The zero-order chi connectivity index (χ0) is 19.9. The van der Waals surface area contributed by atoms with E-state index in [-0.39, 0.29) is 0 Å². The Morgan fingerprint density at radius 3 is 1.33 bits per heavy atom. The van der Waals surface area contributed by atoms with E-state index in [2.05, 4.69) is 14.0 Å². The Morgan fingerprint density at radius 2 is 1.17 bits per heavy atom. The van der Waals surface area contributed by atoms with E-state index in [1.54, 1.807) is 0 Å². The van der Waals surface area contributed by atoms with Crippen LogP contribution in [0, 0.1) is 0 Å². The summed E-state index contributed by atoms with van der Waals surface area (Å²) in [6, 6.07) is 0. The summed E-state index contributed by atoms with van der Waals surface area (Å²) in [6.07, 6.45) is -6.78. The quantitative estimate of drug-likeness (QED) is 0.400. The first-order chi connectivity index (χ1) is 10.8. The van der Waals surface area contributed by atoms with E-state index in [1.807, 2.05) is 0 Å². The second-order valence-corrected chi connectivity index (χ2v) is 4.95. The monoisotopic (exact) mass is 408 g/mol. The van der Waals surface area contributed by atoms with Gasteiger partial charge >= 0.3 is 35.7 Å². The third-order valence-corrected chi connectivity index (χ3v) is 2.66. The highest BCUT2D eigenvalue weighted by atomic mass is 32.1. The van der Waals surface area contributed by atoms with Crippen LogP contribution in [0.5, 0.6) is 0 Å². The lowest BCUT2D eigenvalue weighted by Gasteiger charge is -2.28. The van der Waals surface area contributed by atoms with Crippen LogP contribution in [0.15, 0.2) is 0 Å². The molecule has 0 saturated carbocycles. The van der Waals surface area contributed by atoms with Crippen LogP contribution >= 0.6 is 0 Å². The topological polar surface area (TPSA) is 82.4 Å². The van der Waals surface area contributed by atoms with Crippen molar-refractivity contribution < 1.29 is 47.7 Å². The molecule has 0 N–H and O–H groups in total. The molecule has 146 valence electrons. The lowest BCUT2D eigenvalue weighted by molar-refractivity contribution is -0.897. The third-order valence-electron chi connectivity index (χ3n) is 2.66. The number of rotatable bonds is 2. The Hall–Kier alpha value is -0.860. The van der Waals surface area contributed by atoms with Gasteiger partial charge in [0.05, 0.1) is 26.7 Å². The molecule has 0 spiro atoms. The van der Waals surface area contributed by atoms with Crippen LogP contribution in [0.4, 0.5) is 26.3 Å². The summed E-state index contributed by atoms with van der Waals surface area (Å²) in [5, 5.41) is 0.542. The van der Waals surface area contributed by atoms with Crippen molar-refractivity contribution in [2.24, 2.45) is 0 Å². The molecule has 0 aromatic heterocycles. The molecule has 1 saturated heterocycles. The van der Waals surface area contributed by atoms with Crippen LogP contribution in [-0.4, -0.2) is 60.6 Å². The van der Waals surface area contributed by atoms with Gasteiger partial charge in [-0.1, -0.05) is 6.92 Å². The number of nitrogens with zero attached hydrogens (tertiary/aromatic N) is 2. The van der Waals surface area contributed by atoms with Gasteiger partial charge in [-0.15, -0.1) is 0 Å². The van der Waals surface area contributed by atoms with Gasteiger partial charge in [0.15, 0.2) is 0 Å². The molecule has 0 radical (unpaired) electrons. The van der Waals surface area contributed by atoms with Gasteiger partial charge in [0.2, 0.25) is 0 Å². The van der Waals surface area contributed by atoms with Gasteiger partial charge in [0.1, 0.15) is 0 Å². The second-order valence-electron chi connectivity index (χ2n) is 4.68. The molecule has 0 aromatic rings. The highest BCUT2D eigenvalue weighted by Crippen LogP contribution is 2.34. The van der Waals surface area contributed by atoms with Crippen molar-refractivity contribution in [3.63, 3.8) is 0 Å². The Bertz CT molecular complexity index is 364. The van der Waals surface area contributed by atoms with E-state index in [4.69, 9.17) is 16.8 Å². The zero-order valence-electron chi connectivity index (χ0n) is 12.9. The Labute approximate surface area is 142 Å². The van der Waals surface area contributed by atoms with Gasteiger partial charge in [-0.05, 0) is 6.42 Å². The van der Waals surface area contributed by atoms with Crippen molar-refractivity contribution in [3.8, 4) is 0 Å². The fourth-order valence-electron chi connectivity index (χ4n) is 2.01. The number of hydrogen-bond acceptors (Lipinski definition) is 4. The fraction of sp³-hybridized carbons (Fsp3) is 1.00. The summed E-state index contributed by atoms with van der Waals surface area (Å²) in [4.78, 5) is 0. The zero-order valence-corrected chi connectivity index (χ0v) is 14.5. The first-order valence-electron chi connectivity index (χ1n) is 6.35. The summed E-state index contributed by atoms with van der Waals surface area (Å²) in [6.45, 7) is 6.52. The molecule has 14 heteroatoms. The molecule has 0 amide bonds. The van der Waals surface area contributed by atoms with Gasteiger partial charge in [-0.2, -0.15) is 43.2 Å². The maximum atomic E-state index is 10.7. The molecule has 24 heavy (non-hydrogen) atoms. The van der Waals surface area contributed by atoms with Gasteiger partial charge in [-0.25, -0.2) is 0 Å². The van der Waals surface area contributed by atoms with Crippen molar-refractivity contribution in [1.82, 2.24) is 0 Å². The standard InChI is InChI=1S/C8H18N.C2F6N.2O2S/c1-3-6-9(2)7-4-5-8-9;3-1(4,5)9-2(6,7)8;2*1-3-2/h3-8H2,1-2H3;;;/q+1;-1;;. The molecule has 6 nitrogen and oxygen atoms in total. The van der Waals surface area contributed by atoms with E-state index in [1.165, 1.54) is 43.4 Å². The molecule has 0 aromatic carbocycles. The van der Waals surface area contributed by atoms with Gasteiger partial charge in [0, 0.05) is 12.8 Å². The van der Waals surface area contributed by atoms with Gasteiger partial charge in [-0.3, -0.25) is 0 Å². The Kier molecular flexibility index (Phi) is 16.9. The maximum Gasteiger partial charge on any atom is 0.335 e. The molecule has 1 aliphatic rings. The minimum Gasteiger partial charge on any atom is -0.478 e. The van der Waals surface area contributed by atoms with E-state index in [0.29, 0.717) is 5.32 Å². The van der Waals surface area contributed by atoms with Crippen molar-refractivity contribution in [1.29, 1.82) is 0 Å². The van der Waals surface area contributed by atoms with Gasteiger partial charge < -0.3 is 9.80 Å². The SMILES string of the molecule is CCC[N+]1(C)CCCC1.FC(F)(F)[N-]C(F)(F)F.O=S=O.O=S=O. The molecular formula is C10H18F6N2O4S2. The van der Waals surface area contributed by atoms with Crippen molar-refractivity contribution in [2.75, 3.05) is 26.7 Å². The first-order valence-corrected chi connectivity index (χ1v) is 7.68. The largest absolute Gasteiger partial charge is 0.478 e. The predicted octanol–water partition coefficient (Wildman–Crippen LogP) is 2.70. The molecule has 0 bridgehead atoms. The van der Waals surface area contributed by atoms with E-state index < -0.39 is 35.7 Å². The molecule has 1 aliphatic heterocycles. The predicted molar refractivity (Wildman–Crippen MR) is 73.6 cm³/mol. The lowest BCUT2D eigenvalue weighted by atomic mass is 10.4. The van der Waals surface area contributed by atoms with Crippen LogP contribution in [0.2, 0.25) is 0 Å². The molecular weight excluding hydrogens is 390 g/mol. The van der Waals surface area contributed by atoms with Crippen molar-refractivity contribution in [3.05, 3.63) is 5.32 Å². The maximum absolute atomic E-state index is 10.7. The van der Waals surface area contributed by atoms with E-state index in [0.717, 1.165) is 0 Å². The summed E-state index contributed by atoms with van der Waals surface area (Å²) in [5.41, 5.74) is 0. The minimum atomic E-state index is -5.52. The smallest absolute Gasteiger partial charge is 0.335 e. The first kappa shape index (κ1) is 28.0. The van der Waals surface area contributed by atoms with Crippen molar-refractivity contribution in [2.45, 2.75) is 38.8 Å². The van der Waals surface area contributed by atoms with Crippen molar-refractivity contribution >= 4 is 23.1 Å². The molecule has 0 unspecified atom stereocenters. The molecule has 0 atom stereocenters. The van der Waals surface area contributed by atoms with E-state index >= 15 is 0 Å². The number of likely N-dealkylation sites (tertiary alicyclic amines) is 1.